The maximum Gasteiger partial charge on any atom is 0.328 e. The van der Waals surface area contributed by atoms with Crippen LogP contribution in [0.1, 0.15) is 31.5 Å². The van der Waals surface area contributed by atoms with E-state index < -0.39 is 58.9 Å². The number of fused-ring (bicyclic) bond motifs is 5. The number of ether oxygens (including phenoxy) is 1. The number of carbonyl (C=O) groups is 3. The van der Waals surface area contributed by atoms with Gasteiger partial charge in [0, 0.05) is 13.0 Å². The molecule has 164 valence electrons. The Balaban J connectivity index is 1.79. The quantitative estimate of drug-likeness (QED) is 0.653. The molecule has 3 aliphatic heterocycles. The summed E-state index contributed by atoms with van der Waals surface area (Å²) >= 11 is 0. The second kappa shape index (κ2) is 6.42. The summed E-state index contributed by atoms with van der Waals surface area (Å²) in [5.41, 5.74) is -2.79. The molecule has 3 aliphatic rings. The molecule has 2 aromatic rings. The Morgan fingerprint density at radius 2 is 1.90 bits per heavy atom. The van der Waals surface area contributed by atoms with Crippen molar-refractivity contribution in [3.8, 4) is 0 Å². The monoisotopic (exact) mass is 438 g/mol. The van der Waals surface area contributed by atoms with Crippen LogP contribution in [-0.4, -0.2) is 47.8 Å². The Morgan fingerprint density at radius 1 is 1.23 bits per heavy atom. The normalized spacial score (nSPS) is 27.4. The zero-order valence-electron chi connectivity index (χ0n) is 16.4. The lowest BCUT2D eigenvalue weighted by Gasteiger charge is -2.55. The van der Waals surface area contributed by atoms with Crippen LogP contribution < -0.4 is 15.5 Å². The fourth-order valence-corrected chi connectivity index (χ4v) is 5.12. The molecule has 0 saturated carbocycles. The van der Waals surface area contributed by atoms with Gasteiger partial charge in [-0.15, -0.1) is 0 Å². The number of halogens is 3. The summed E-state index contributed by atoms with van der Waals surface area (Å²) in [6, 6.07) is -0.643. The zero-order chi connectivity index (χ0) is 22.2. The molecule has 1 aromatic carbocycles. The number of morpholine rings is 1. The standard InChI is InChI=1S/C19H17F3N4O5/c1-6-5-26-12-8(3-9-11(15(21)22)25-31-13(9)10(12)20)4-19(14(26)7(2)30-6)16(27)23-18(29)24-17(19)28/h3,6-7,14-15H,4-5H2,1-2H3,(H2,23,24,27,28,29). The Bertz CT molecular complexity index is 1130. The zero-order valence-corrected chi connectivity index (χ0v) is 16.4. The Kier molecular flexibility index (Phi) is 4.10. The summed E-state index contributed by atoms with van der Waals surface area (Å²) < 4.78 is 52.9. The van der Waals surface area contributed by atoms with Gasteiger partial charge in [0.1, 0.15) is 0 Å². The van der Waals surface area contributed by atoms with E-state index in [4.69, 9.17) is 9.26 Å². The number of rotatable bonds is 1. The van der Waals surface area contributed by atoms with Crippen molar-refractivity contribution >= 4 is 34.5 Å². The topological polar surface area (TPSA) is 114 Å². The first-order chi connectivity index (χ1) is 14.6. The van der Waals surface area contributed by atoms with Gasteiger partial charge in [0.25, 0.3) is 6.43 Å². The molecular weight excluding hydrogens is 421 g/mol. The summed E-state index contributed by atoms with van der Waals surface area (Å²) in [6.45, 7) is 3.52. The molecular formula is C19H17F3N4O5. The summed E-state index contributed by atoms with van der Waals surface area (Å²) in [4.78, 5) is 39.3. The number of hydrogen-bond donors (Lipinski definition) is 2. The number of imide groups is 2. The number of urea groups is 1. The lowest BCUT2D eigenvalue weighted by atomic mass is 9.66. The summed E-state index contributed by atoms with van der Waals surface area (Å²) in [5.74, 6) is -2.61. The Morgan fingerprint density at radius 3 is 2.55 bits per heavy atom. The van der Waals surface area contributed by atoms with Crippen molar-refractivity contribution in [3.63, 3.8) is 0 Å². The molecule has 5 rings (SSSR count). The molecule has 3 unspecified atom stereocenters. The van der Waals surface area contributed by atoms with E-state index in [-0.39, 0.29) is 35.7 Å². The van der Waals surface area contributed by atoms with Crippen LogP contribution in [0.5, 0.6) is 0 Å². The summed E-state index contributed by atoms with van der Waals surface area (Å²) in [6.07, 6.45) is -4.40. The number of nitrogens with one attached hydrogen (secondary N) is 2. The third-order valence-electron chi connectivity index (χ3n) is 6.20. The first-order valence-corrected chi connectivity index (χ1v) is 9.63. The van der Waals surface area contributed by atoms with E-state index in [0.717, 1.165) is 0 Å². The van der Waals surface area contributed by atoms with Crippen molar-refractivity contribution in [2.24, 2.45) is 5.41 Å². The average molecular weight is 438 g/mol. The maximum absolute atomic E-state index is 15.5. The predicted molar refractivity (Wildman–Crippen MR) is 97.9 cm³/mol. The number of aromatic nitrogens is 1. The number of amides is 4. The molecule has 1 aromatic heterocycles. The number of carbonyl (C=O) groups excluding carboxylic acids is 3. The van der Waals surface area contributed by atoms with Gasteiger partial charge in [-0.1, -0.05) is 5.16 Å². The van der Waals surface area contributed by atoms with Gasteiger partial charge in [-0.25, -0.2) is 18.0 Å². The lowest BCUT2D eigenvalue weighted by Crippen LogP contribution is -2.75. The summed E-state index contributed by atoms with van der Waals surface area (Å²) in [7, 11) is 0. The van der Waals surface area contributed by atoms with Crippen LogP contribution in [-0.2, 0) is 20.7 Å². The molecule has 31 heavy (non-hydrogen) atoms. The minimum Gasteiger partial charge on any atom is -0.372 e. The van der Waals surface area contributed by atoms with Gasteiger partial charge < -0.3 is 14.2 Å². The largest absolute Gasteiger partial charge is 0.372 e. The highest BCUT2D eigenvalue weighted by Crippen LogP contribution is 2.49. The minimum absolute atomic E-state index is 0.0413. The number of barbiturate groups is 1. The second-order valence-corrected chi connectivity index (χ2v) is 8.08. The Hall–Kier alpha value is -3.15. The maximum atomic E-state index is 15.5. The third kappa shape index (κ3) is 2.54. The van der Waals surface area contributed by atoms with Crippen LogP contribution in [0.3, 0.4) is 0 Å². The van der Waals surface area contributed by atoms with Crippen molar-refractivity contribution in [2.75, 3.05) is 11.4 Å². The van der Waals surface area contributed by atoms with Crippen molar-refractivity contribution in [3.05, 3.63) is 23.1 Å². The SMILES string of the molecule is CC1CN2c3c(cc4c(C(F)F)noc4c3F)CC3(C(=O)NC(=O)NC3=O)C2C(C)O1. The fraction of sp³-hybridized carbons (Fsp3) is 0.474. The number of benzene rings is 1. The third-order valence-corrected chi connectivity index (χ3v) is 6.20. The number of nitrogens with zero attached hydrogens (tertiary/aromatic N) is 2. The molecule has 4 heterocycles. The van der Waals surface area contributed by atoms with Crippen LogP contribution in [0.15, 0.2) is 10.6 Å². The highest BCUT2D eigenvalue weighted by Gasteiger charge is 2.63. The van der Waals surface area contributed by atoms with Gasteiger partial charge in [0.2, 0.25) is 17.4 Å². The molecule has 12 heteroatoms. The molecule has 0 radical (unpaired) electrons. The highest BCUT2D eigenvalue weighted by molar-refractivity contribution is 6.20. The van der Waals surface area contributed by atoms with Gasteiger partial charge in [-0.2, -0.15) is 0 Å². The van der Waals surface area contributed by atoms with E-state index in [9.17, 15) is 23.2 Å². The average Bonchev–Trinajstić information content (AvgIpc) is 3.09. The molecule has 4 amide bonds. The van der Waals surface area contributed by atoms with Crippen LogP contribution >= 0.6 is 0 Å². The Labute approximate surface area is 172 Å². The van der Waals surface area contributed by atoms with E-state index in [1.807, 2.05) is 0 Å². The van der Waals surface area contributed by atoms with Crippen molar-refractivity contribution in [1.82, 2.24) is 15.8 Å². The molecule has 0 aliphatic carbocycles. The van der Waals surface area contributed by atoms with Gasteiger partial charge >= 0.3 is 6.03 Å². The molecule has 2 fully saturated rings. The van der Waals surface area contributed by atoms with Crippen molar-refractivity contribution in [1.29, 1.82) is 0 Å². The predicted octanol–water partition coefficient (Wildman–Crippen LogP) is 1.80. The summed E-state index contributed by atoms with van der Waals surface area (Å²) in [5, 5.41) is 7.27. The van der Waals surface area contributed by atoms with E-state index in [2.05, 4.69) is 15.8 Å². The number of hydrogen-bond acceptors (Lipinski definition) is 7. The molecule has 9 nitrogen and oxygen atoms in total. The smallest absolute Gasteiger partial charge is 0.328 e. The van der Waals surface area contributed by atoms with E-state index >= 15 is 4.39 Å². The molecule has 1 spiro atoms. The van der Waals surface area contributed by atoms with Crippen LogP contribution in [0.4, 0.5) is 23.7 Å². The van der Waals surface area contributed by atoms with Crippen LogP contribution in [0.25, 0.3) is 11.0 Å². The molecule has 2 saturated heterocycles. The van der Waals surface area contributed by atoms with Gasteiger partial charge in [0.05, 0.1) is 29.3 Å². The van der Waals surface area contributed by atoms with Gasteiger partial charge in [0.15, 0.2) is 16.9 Å². The van der Waals surface area contributed by atoms with Gasteiger partial charge in [-0.05, 0) is 25.5 Å². The van der Waals surface area contributed by atoms with E-state index in [0.29, 0.717) is 0 Å². The van der Waals surface area contributed by atoms with Crippen molar-refractivity contribution in [2.45, 2.75) is 44.9 Å². The highest BCUT2D eigenvalue weighted by atomic mass is 19.3. The van der Waals surface area contributed by atoms with Crippen LogP contribution in [0, 0.1) is 11.2 Å². The fourth-order valence-electron chi connectivity index (χ4n) is 5.12. The molecule has 3 atom stereocenters. The first-order valence-electron chi connectivity index (χ1n) is 9.63. The second-order valence-electron chi connectivity index (χ2n) is 8.08. The van der Waals surface area contributed by atoms with E-state index in [1.165, 1.54) is 11.0 Å². The van der Waals surface area contributed by atoms with Crippen molar-refractivity contribution < 1.29 is 36.8 Å². The van der Waals surface area contributed by atoms with Gasteiger partial charge in [-0.3, -0.25) is 20.2 Å². The van der Waals surface area contributed by atoms with E-state index in [1.54, 1.807) is 13.8 Å². The molecule has 2 N–H and O–H groups in total. The first kappa shape index (κ1) is 19.8. The number of alkyl halides is 2. The lowest BCUT2D eigenvalue weighted by molar-refractivity contribution is -0.153. The molecule has 0 bridgehead atoms. The van der Waals surface area contributed by atoms with Crippen LogP contribution in [0.2, 0.25) is 0 Å². The minimum atomic E-state index is -3.01. The number of anilines is 1.